The van der Waals surface area contributed by atoms with Crippen LogP contribution in [-0.4, -0.2) is 11.5 Å². The number of rotatable bonds is 3. The molecule has 1 saturated carbocycles. The number of halogens is 2. The molecule has 1 heterocycles. The Bertz CT molecular complexity index is 341. The molecule has 0 unspecified atom stereocenters. The number of hydrogen-bond donors (Lipinski definition) is 1. The zero-order chi connectivity index (χ0) is 10.9. The molecule has 1 aliphatic rings. The largest absolute Gasteiger partial charge is 0.330 e. The Morgan fingerprint density at radius 1 is 1.27 bits per heavy atom. The van der Waals surface area contributed by atoms with Crippen molar-refractivity contribution < 1.29 is 0 Å². The van der Waals surface area contributed by atoms with Gasteiger partial charge in [0.25, 0.3) is 0 Å². The molecule has 1 aliphatic carbocycles. The normalized spacial score (nSPS) is 18.6. The Balaban J connectivity index is 2.42. The van der Waals surface area contributed by atoms with Crippen LogP contribution >= 0.6 is 23.2 Å². The van der Waals surface area contributed by atoms with E-state index in [1.165, 1.54) is 6.42 Å². The van der Waals surface area contributed by atoms with Crippen LogP contribution in [0.5, 0.6) is 0 Å². The Kier molecular flexibility index (Phi) is 3.19. The lowest BCUT2D eigenvalue weighted by Crippen LogP contribution is -2.37. The molecule has 0 amide bonds. The average Bonchev–Trinajstić information content (AvgIpc) is 2.13. The van der Waals surface area contributed by atoms with E-state index in [0.717, 1.165) is 24.8 Å². The molecule has 2 rings (SSSR count). The number of nitrogens with zero attached hydrogens (tertiary/aromatic N) is 1. The number of aromatic nitrogens is 1. The third kappa shape index (κ3) is 1.86. The van der Waals surface area contributed by atoms with Crippen LogP contribution in [0.2, 0.25) is 10.0 Å². The standard InChI is InChI=1S/C11H14Cl2N2/c12-8-6-15-7-9(13)10(8)11(4-5-14)2-1-3-11/h6-7H,1-5,14H2. The lowest BCUT2D eigenvalue weighted by atomic mass is 9.62. The van der Waals surface area contributed by atoms with Crippen LogP contribution in [-0.2, 0) is 5.41 Å². The van der Waals surface area contributed by atoms with Crippen molar-refractivity contribution in [1.82, 2.24) is 4.98 Å². The van der Waals surface area contributed by atoms with Crippen molar-refractivity contribution in [3.8, 4) is 0 Å². The molecule has 1 fully saturated rings. The van der Waals surface area contributed by atoms with Crippen molar-refractivity contribution in [2.24, 2.45) is 5.73 Å². The van der Waals surface area contributed by atoms with Gasteiger partial charge in [0.05, 0.1) is 10.0 Å². The Labute approximate surface area is 99.8 Å². The van der Waals surface area contributed by atoms with Gasteiger partial charge < -0.3 is 5.73 Å². The van der Waals surface area contributed by atoms with Crippen molar-refractivity contribution in [2.75, 3.05) is 6.54 Å². The minimum Gasteiger partial charge on any atom is -0.330 e. The molecule has 0 saturated heterocycles. The summed E-state index contributed by atoms with van der Waals surface area (Å²) in [4.78, 5) is 3.98. The van der Waals surface area contributed by atoms with E-state index in [1.54, 1.807) is 12.4 Å². The lowest BCUT2D eigenvalue weighted by Gasteiger charge is -2.43. The molecule has 15 heavy (non-hydrogen) atoms. The molecule has 0 spiro atoms. The minimum absolute atomic E-state index is 0.117. The summed E-state index contributed by atoms with van der Waals surface area (Å²) in [7, 11) is 0. The predicted octanol–water partition coefficient (Wildman–Crippen LogP) is 3.16. The van der Waals surface area contributed by atoms with E-state index >= 15 is 0 Å². The first-order valence-electron chi connectivity index (χ1n) is 5.19. The second-order valence-electron chi connectivity index (χ2n) is 4.15. The molecule has 1 aromatic heterocycles. The van der Waals surface area contributed by atoms with Crippen LogP contribution in [0.25, 0.3) is 0 Å². The van der Waals surface area contributed by atoms with Crippen molar-refractivity contribution in [1.29, 1.82) is 0 Å². The second-order valence-corrected chi connectivity index (χ2v) is 4.97. The number of nitrogens with two attached hydrogens (primary N) is 1. The highest BCUT2D eigenvalue weighted by Gasteiger charge is 2.40. The van der Waals surface area contributed by atoms with Gasteiger partial charge in [-0.1, -0.05) is 29.6 Å². The van der Waals surface area contributed by atoms with Gasteiger partial charge in [-0.2, -0.15) is 0 Å². The van der Waals surface area contributed by atoms with E-state index in [2.05, 4.69) is 4.98 Å². The van der Waals surface area contributed by atoms with Crippen LogP contribution in [0.3, 0.4) is 0 Å². The van der Waals surface area contributed by atoms with Crippen molar-refractivity contribution >= 4 is 23.2 Å². The Morgan fingerprint density at radius 3 is 2.27 bits per heavy atom. The molecule has 2 nitrogen and oxygen atoms in total. The quantitative estimate of drug-likeness (QED) is 0.888. The molecular formula is C11H14Cl2N2. The Morgan fingerprint density at radius 2 is 1.87 bits per heavy atom. The topological polar surface area (TPSA) is 38.9 Å². The molecule has 0 atom stereocenters. The minimum atomic E-state index is 0.117. The third-order valence-corrected chi connectivity index (χ3v) is 3.89. The zero-order valence-electron chi connectivity index (χ0n) is 8.47. The molecule has 0 aromatic carbocycles. The summed E-state index contributed by atoms with van der Waals surface area (Å²) in [5, 5.41) is 1.35. The van der Waals surface area contributed by atoms with Crippen LogP contribution < -0.4 is 5.73 Å². The summed E-state index contributed by atoms with van der Waals surface area (Å²) in [5.41, 5.74) is 6.83. The molecular weight excluding hydrogens is 231 g/mol. The summed E-state index contributed by atoms with van der Waals surface area (Å²) < 4.78 is 0. The third-order valence-electron chi connectivity index (χ3n) is 3.32. The molecule has 0 bridgehead atoms. The summed E-state index contributed by atoms with van der Waals surface area (Å²) in [6.07, 6.45) is 7.78. The van der Waals surface area contributed by atoms with E-state index in [-0.39, 0.29) is 5.41 Å². The van der Waals surface area contributed by atoms with Crippen LogP contribution in [0.1, 0.15) is 31.2 Å². The number of pyridine rings is 1. The summed E-state index contributed by atoms with van der Waals surface area (Å²) in [6, 6.07) is 0. The zero-order valence-corrected chi connectivity index (χ0v) is 9.98. The van der Waals surface area contributed by atoms with Crippen molar-refractivity contribution in [3.05, 3.63) is 28.0 Å². The SMILES string of the molecule is NCCC1(c2c(Cl)cncc2Cl)CCC1. The van der Waals surface area contributed by atoms with E-state index in [0.29, 0.717) is 16.6 Å². The monoisotopic (exact) mass is 244 g/mol. The smallest absolute Gasteiger partial charge is 0.0641 e. The highest BCUT2D eigenvalue weighted by Crippen LogP contribution is 2.50. The van der Waals surface area contributed by atoms with Gasteiger partial charge in [0, 0.05) is 12.4 Å². The van der Waals surface area contributed by atoms with Crippen molar-refractivity contribution in [3.63, 3.8) is 0 Å². The predicted molar refractivity (Wildman–Crippen MR) is 63.5 cm³/mol. The van der Waals surface area contributed by atoms with Gasteiger partial charge in [-0.05, 0) is 36.8 Å². The molecule has 0 radical (unpaired) electrons. The van der Waals surface area contributed by atoms with E-state index in [1.807, 2.05) is 0 Å². The fourth-order valence-electron chi connectivity index (χ4n) is 2.42. The number of hydrogen-bond acceptors (Lipinski definition) is 2. The summed E-state index contributed by atoms with van der Waals surface area (Å²) >= 11 is 12.3. The fourth-order valence-corrected chi connectivity index (χ4v) is 3.19. The second kappa shape index (κ2) is 4.28. The van der Waals surface area contributed by atoms with E-state index in [4.69, 9.17) is 28.9 Å². The maximum Gasteiger partial charge on any atom is 0.0641 e. The first-order chi connectivity index (χ1) is 7.19. The van der Waals surface area contributed by atoms with Crippen LogP contribution in [0.15, 0.2) is 12.4 Å². The van der Waals surface area contributed by atoms with E-state index in [9.17, 15) is 0 Å². The van der Waals surface area contributed by atoms with Crippen LogP contribution in [0, 0.1) is 0 Å². The van der Waals surface area contributed by atoms with Gasteiger partial charge in [0.2, 0.25) is 0 Å². The lowest BCUT2D eigenvalue weighted by molar-refractivity contribution is 0.229. The maximum absolute atomic E-state index is 6.17. The van der Waals surface area contributed by atoms with Gasteiger partial charge in [-0.15, -0.1) is 0 Å². The summed E-state index contributed by atoms with van der Waals surface area (Å²) in [6.45, 7) is 0.676. The summed E-state index contributed by atoms with van der Waals surface area (Å²) in [5.74, 6) is 0. The van der Waals surface area contributed by atoms with E-state index < -0.39 is 0 Å². The van der Waals surface area contributed by atoms with Gasteiger partial charge in [0.1, 0.15) is 0 Å². The molecule has 0 aliphatic heterocycles. The van der Waals surface area contributed by atoms with Gasteiger partial charge in [0.15, 0.2) is 0 Å². The molecule has 82 valence electrons. The Hall–Kier alpha value is -0.310. The first kappa shape index (κ1) is 11.2. The molecule has 2 N–H and O–H groups in total. The van der Waals surface area contributed by atoms with Gasteiger partial charge in [-0.25, -0.2) is 0 Å². The molecule has 1 aromatic rings. The van der Waals surface area contributed by atoms with Gasteiger partial charge >= 0.3 is 0 Å². The average molecular weight is 245 g/mol. The highest BCUT2D eigenvalue weighted by molar-refractivity contribution is 6.36. The fraction of sp³-hybridized carbons (Fsp3) is 0.545. The van der Waals surface area contributed by atoms with Gasteiger partial charge in [-0.3, -0.25) is 4.98 Å². The molecule has 4 heteroatoms. The highest BCUT2D eigenvalue weighted by atomic mass is 35.5. The first-order valence-corrected chi connectivity index (χ1v) is 5.95. The van der Waals surface area contributed by atoms with Crippen molar-refractivity contribution in [2.45, 2.75) is 31.1 Å². The maximum atomic E-state index is 6.17. The van der Waals surface area contributed by atoms with Crippen LogP contribution in [0.4, 0.5) is 0 Å².